The van der Waals surface area contributed by atoms with Crippen LogP contribution in [0.4, 0.5) is 0 Å². The Morgan fingerprint density at radius 2 is 2.22 bits per heavy atom. The predicted molar refractivity (Wildman–Crippen MR) is 95.2 cm³/mol. The molecule has 0 aliphatic carbocycles. The zero-order valence-electron chi connectivity index (χ0n) is 13.1. The molecule has 5 nitrogen and oxygen atoms in total. The van der Waals surface area contributed by atoms with Crippen LogP contribution in [0.5, 0.6) is 0 Å². The maximum atomic E-state index is 13.1. The highest BCUT2D eigenvalue weighted by Crippen LogP contribution is 2.38. The van der Waals surface area contributed by atoms with Crippen molar-refractivity contribution in [2.45, 2.75) is 33.2 Å². The fourth-order valence-corrected chi connectivity index (χ4v) is 4.75. The van der Waals surface area contributed by atoms with Gasteiger partial charge in [0.1, 0.15) is 16.7 Å². The van der Waals surface area contributed by atoms with E-state index < -0.39 is 11.9 Å². The maximum absolute atomic E-state index is 13.1. The maximum Gasteiger partial charge on any atom is 0.263 e. The van der Waals surface area contributed by atoms with Crippen LogP contribution in [0.1, 0.15) is 30.6 Å². The van der Waals surface area contributed by atoms with Crippen molar-refractivity contribution in [3.8, 4) is 10.4 Å². The summed E-state index contributed by atoms with van der Waals surface area (Å²) in [6, 6.07) is 3.25. The molecule has 1 atom stereocenters. The molecular weight excluding hydrogens is 330 g/mol. The molecule has 120 valence electrons. The van der Waals surface area contributed by atoms with E-state index in [1.54, 1.807) is 36.5 Å². The van der Waals surface area contributed by atoms with Crippen molar-refractivity contribution in [1.82, 2.24) is 9.55 Å². The molecule has 3 heterocycles. The lowest BCUT2D eigenvalue weighted by Crippen LogP contribution is -2.34. The standard InChI is InChI=1S/C16H17N3O2S2/c1-4-10-12(11-6-5-7-22-11)13-15(23-10)18-9(3)19(16(13)21)8(2)14(17)20/h5-8H,4H2,1-3H3,(H2,17,20). The molecule has 1 unspecified atom stereocenters. The minimum atomic E-state index is -0.722. The third kappa shape index (κ3) is 2.49. The molecule has 0 aromatic carbocycles. The highest BCUT2D eigenvalue weighted by Gasteiger charge is 2.23. The van der Waals surface area contributed by atoms with E-state index >= 15 is 0 Å². The molecule has 2 N–H and O–H groups in total. The molecular formula is C16H17N3O2S2. The lowest BCUT2D eigenvalue weighted by molar-refractivity contribution is -0.120. The summed E-state index contributed by atoms with van der Waals surface area (Å²) >= 11 is 3.14. The van der Waals surface area contributed by atoms with Crippen LogP contribution in [-0.2, 0) is 11.2 Å². The number of fused-ring (bicyclic) bond motifs is 1. The Labute approximate surface area is 141 Å². The number of carbonyl (C=O) groups is 1. The summed E-state index contributed by atoms with van der Waals surface area (Å²) in [5.74, 6) is -0.0320. The Morgan fingerprint density at radius 3 is 2.78 bits per heavy atom. The number of carbonyl (C=O) groups excluding carboxylic acids is 1. The van der Waals surface area contributed by atoms with Gasteiger partial charge in [-0.05, 0) is 31.7 Å². The van der Waals surface area contributed by atoms with E-state index in [1.165, 1.54) is 4.57 Å². The van der Waals surface area contributed by atoms with Crippen molar-refractivity contribution < 1.29 is 4.79 Å². The van der Waals surface area contributed by atoms with Gasteiger partial charge in [0.05, 0.1) is 5.39 Å². The van der Waals surface area contributed by atoms with Crippen molar-refractivity contribution in [2.24, 2.45) is 5.73 Å². The second-order valence-electron chi connectivity index (χ2n) is 5.32. The van der Waals surface area contributed by atoms with Crippen LogP contribution in [0.2, 0.25) is 0 Å². The van der Waals surface area contributed by atoms with Crippen molar-refractivity contribution >= 4 is 38.8 Å². The van der Waals surface area contributed by atoms with Crippen molar-refractivity contribution in [3.63, 3.8) is 0 Å². The van der Waals surface area contributed by atoms with E-state index in [2.05, 4.69) is 11.9 Å². The summed E-state index contributed by atoms with van der Waals surface area (Å²) in [5, 5.41) is 2.58. The third-order valence-electron chi connectivity index (χ3n) is 3.89. The van der Waals surface area contributed by atoms with E-state index in [9.17, 15) is 9.59 Å². The summed E-state index contributed by atoms with van der Waals surface area (Å²) in [7, 11) is 0. The van der Waals surface area contributed by atoms with Crippen LogP contribution < -0.4 is 11.3 Å². The molecule has 0 bridgehead atoms. The lowest BCUT2D eigenvalue weighted by Gasteiger charge is -2.14. The molecule has 7 heteroatoms. The predicted octanol–water partition coefficient (Wildman–Crippen LogP) is 3.10. The van der Waals surface area contributed by atoms with Crippen LogP contribution >= 0.6 is 22.7 Å². The number of aryl methyl sites for hydroxylation is 2. The number of hydrogen-bond acceptors (Lipinski definition) is 5. The van der Waals surface area contributed by atoms with Gasteiger partial charge in [0.25, 0.3) is 5.56 Å². The van der Waals surface area contributed by atoms with E-state index in [1.807, 2.05) is 17.5 Å². The number of primary amides is 1. The first-order valence-electron chi connectivity index (χ1n) is 7.33. The van der Waals surface area contributed by atoms with Gasteiger partial charge in [-0.15, -0.1) is 22.7 Å². The van der Waals surface area contributed by atoms with Crippen LogP contribution in [0.3, 0.4) is 0 Å². The second kappa shape index (κ2) is 5.90. The Bertz CT molecular complexity index is 939. The smallest absolute Gasteiger partial charge is 0.263 e. The Morgan fingerprint density at radius 1 is 1.48 bits per heavy atom. The average Bonchev–Trinajstić information content (AvgIpc) is 3.12. The first-order chi connectivity index (χ1) is 11.0. The number of nitrogens with zero attached hydrogens (tertiary/aromatic N) is 2. The third-order valence-corrected chi connectivity index (χ3v) is 6.01. The molecule has 3 aromatic heterocycles. The van der Waals surface area contributed by atoms with E-state index in [4.69, 9.17) is 5.73 Å². The molecule has 3 rings (SSSR count). The van der Waals surface area contributed by atoms with Gasteiger partial charge in [-0.25, -0.2) is 4.98 Å². The number of nitrogens with two attached hydrogens (primary N) is 1. The van der Waals surface area contributed by atoms with Crippen molar-refractivity contribution in [3.05, 3.63) is 38.6 Å². The van der Waals surface area contributed by atoms with Crippen molar-refractivity contribution in [1.29, 1.82) is 0 Å². The number of rotatable bonds is 4. The molecule has 23 heavy (non-hydrogen) atoms. The molecule has 0 saturated carbocycles. The normalized spacial score (nSPS) is 12.7. The van der Waals surface area contributed by atoms with Gasteiger partial charge in [-0.2, -0.15) is 0 Å². The fraction of sp³-hybridized carbons (Fsp3) is 0.312. The molecule has 0 aliphatic rings. The molecule has 0 radical (unpaired) electrons. The highest BCUT2D eigenvalue weighted by atomic mass is 32.1. The average molecular weight is 347 g/mol. The van der Waals surface area contributed by atoms with Gasteiger partial charge in [0.2, 0.25) is 5.91 Å². The Hall–Kier alpha value is -1.99. The zero-order chi connectivity index (χ0) is 16.7. The fourth-order valence-electron chi connectivity index (χ4n) is 2.72. The molecule has 1 amide bonds. The lowest BCUT2D eigenvalue weighted by atomic mass is 10.1. The van der Waals surface area contributed by atoms with Crippen LogP contribution in [-0.4, -0.2) is 15.5 Å². The monoisotopic (exact) mass is 347 g/mol. The number of hydrogen-bond donors (Lipinski definition) is 1. The zero-order valence-corrected chi connectivity index (χ0v) is 14.8. The van der Waals surface area contributed by atoms with Gasteiger partial charge >= 0.3 is 0 Å². The van der Waals surface area contributed by atoms with E-state index in [0.717, 1.165) is 26.6 Å². The summed E-state index contributed by atoms with van der Waals surface area (Å²) in [4.78, 5) is 32.1. The van der Waals surface area contributed by atoms with Gasteiger partial charge in [0, 0.05) is 15.3 Å². The number of amides is 1. The summed E-state index contributed by atoms with van der Waals surface area (Å²) in [6.07, 6.45) is 0.831. The van der Waals surface area contributed by atoms with Gasteiger partial charge in [-0.3, -0.25) is 14.2 Å². The minimum absolute atomic E-state index is 0.196. The quantitative estimate of drug-likeness (QED) is 0.788. The van der Waals surface area contributed by atoms with Crippen LogP contribution in [0.15, 0.2) is 22.3 Å². The summed E-state index contributed by atoms with van der Waals surface area (Å²) < 4.78 is 1.40. The Kier molecular flexibility index (Phi) is 4.08. The summed E-state index contributed by atoms with van der Waals surface area (Å²) in [5.41, 5.74) is 6.15. The topological polar surface area (TPSA) is 78.0 Å². The highest BCUT2D eigenvalue weighted by molar-refractivity contribution is 7.20. The molecule has 0 fully saturated rings. The summed E-state index contributed by atoms with van der Waals surface area (Å²) in [6.45, 7) is 5.43. The second-order valence-corrected chi connectivity index (χ2v) is 7.36. The number of thiophene rings is 2. The SMILES string of the molecule is CCc1sc2nc(C)n(C(C)C(N)=O)c(=O)c2c1-c1cccs1. The largest absolute Gasteiger partial charge is 0.368 e. The van der Waals surface area contributed by atoms with Gasteiger partial charge in [0.15, 0.2) is 0 Å². The molecule has 3 aromatic rings. The molecule has 0 spiro atoms. The first-order valence-corrected chi connectivity index (χ1v) is 9.03. The first kappa shape index (κ1) is 15.9. The Balaban J connectivity index is 2.42. The van der Waals surface area contributed by atoms with Crippen molar-refractivity contribution in [2.75, 3.05) is 0 Å². The van der Waals surface area contributed by atoms with Gasteiger partial charge in [-0.1, -0.05) is 13.0 Å². The van der Waals surface area contributed by atoms with E-state index in [-0.39, 0.29) is 5.56 Å². The van der Waals surface area contributed by atoms with Crippen LogP contribution in [0.25, 0.3) is 20.7 Å². The minimum Gasteiger partial charge on any atom is -0.368 e. The molecule has 0 aliphatic heterocycles. The number of aromatic nitrogens is 2. The van der Waals surface area contributed by atoms with E-state index in [0.29, 0.717) is 11.2 Å². The van der Waals surface area contributed by atoms with Crippen LogP contribution in [0, 0.1) is 6.92 Å². The van der Waals surface area contributed by atoms with Gasteiger partial charge < -0.3 is 5.73 Å². The molecule has 0 saturated heterocycles.